The van der Waals surface area contributed by atoms with Gasteiger partial charge in [0.2, 0.25) is 0 Å². The van der Waals surface area contributed by atoms with E-state index in [-0.39, 0.29) is 5.25 Å². The first-order valence-electron chi connectivity index (χ1n) is 6.39. The molecule has 0 aliphatic carbocycles. The van der Waals surface area contributed by atoms with Gasteiger partial charge in [-0.2, -0.15) is 0 Å². The van der Waals surface area contributed by atoms with Crippen LogP contribution >= 0.6 is 0 Å². The summed E-state index contributed by atoms with van der Waals surface area (Å²) in [6.07, 6.45) is 0.945. The molecule has 1 aliphatic rings. The van der Waals surface area contributed by atoms with E-state index >= 15 is 0 Å². The summed E-state index contributed by atoms with van der Waals surface area (Å²) in [5, 5.41) is 3.36. The first kappa shape index (κ1) is 13.7. The number of benzene rings is 1. The van der Waals surface area contributed by atoms with Gasteiger partial charge in [-0.15, -0.1) is 0 Å². The third-order valence-corrected chi connectivity index (χ3v) is 5.31. The predicted octanol–water partition coefficient (Wildman–Crippen LogP) is 1.62. The molecular formula is C14H21NO2S. The molecule has 0 amide bonds. The largest absolute Gasteiger partial charge is 0.380 e. The number of rotatable bonds is 4. The Morgan fingerprint density at radius 2 is 2.22 bits per heavy atom. The summed E-state index contributed by atoms with van der Waals surface area (Å²) >= 11 is 0. The van der Waals surface area contributed by atoms with Crippen molar-refractivity contribution in [2.45, 2.75) is 30.4 Å². The number of hydrogen-bond acceptors (Lipinski definition) is 3. The smallest absolute Gasteiger partial charge is 0.0738 e. The summed E-state index contributed by atoms with van der Waals surface area (Å²) in [7, 11) is 1.05. The number of ether oxygens (including phenoxy) is 1. The van der Waals surface area contributed by atoms with E-state index in [2.05, 4.69) is 24.4 Å². The van der Waals surface area contributed by atoms with Crippen LogP contribution in [0.1, 0.15) is 17.5 Å². The molecule has 4 heteroatoms. The molecule has 0 radical (unpaired) electrons. The van der Waals surface area contributed by atoms with Crippen LogP contribution in [-0.2, 0) is 21.3 Å². The Kier molecular flexibility index (Phi) is 4.92. The zero-order valence-electron chi connectivity index (χ0n) is 11.0. The van der Waals surface area contributed by atoms with Crippen LogP contribution < -0.4 is 5.32 Å². The van der Waals surface area contributed by atoms with Gasteiger partial charge in [-0.1, -0.05) is 24.3 Å². The Morgan fingerprint density at radius 3 is 2.94 bits per heavy atom. The Balaban J connectivity index is 2.05. The summed E-state index contributed by atoms with van der Waals surface area (Å²) in [6, 6.07) is 8.46. The zero-order chi connectivity index (χ0) is 13.0. The molecule has 1 aromatic rings. The lowest BCUT2D eigenvalue weighted by molar-refractivity contribution is 0.0838. The van der Waals surface area contributed by atoms with Gasteiger partial charge in [0.05, 0.1) is 11.9 Å². The molecule has 3 atom stereocenters. The van der Waals surface area contributed by atoms with E-state index in [9.17, 15) is 4.21 Å². The first-order chi connectivity index (χ1) is 8.72. The van der Waals surface area contributed by atoms with Crippen molar-refractivity contribution in [2.24, 2.45) is 0 Å². The average Bonchev–Trinajstić information content (AvgIpc) is 2.41. The SMILES string of the molecule is CNC1CCOCC1S(=O)Cc1ccccc1C. The van der Waals surface area contributed by atoms with E-state index < -0.39 is 10.8 Å². The number of nitrogens with one attached hydrogen (secondary N) is 1. The highest BCUT2D eigenvalue weighted by atomic mass is 32.2. The maximum Gasteiger partial charge on any atom is 0.0738 e. The molecule has 0 aromatic heterocycles. The minimum atomic E-state index is -0.885. The highest BCUT2D eigenvalue weighted by Gasteiger charge is 2.29. The molecule has 1 saturated heterocycles. The van der Waals surface area contributed by atoms with Gasteiger partial charge in [0.1, 0.15) is 0 Å². The normalized spacial score (nSPS) is 25.9. The zero-order valence-corrected chi connectivity index (χ0v) is 11.8. The molecule has 2 rings (SSSR count). The van der Waals surface area contributed by atoms with Gasteiger partial charge in [-0.05, 0) is 31.5 Å². The van der Waals surface area contributed by atoms with Crippen LogP contribution in [0, 0.1) is 6.92 Å². The minimum absolute atomic E-state index is 0.100. The summed E-state index contributed by atoms with van der Waals surface area (Å²) in [6.45, 7) is 3.44. The van der Waals surface area contributed by atoms with Gasteiger partial charge in [0, 0.05) is 29.2 Å². The molecule has 18 heavy (non-hydrogen) atoms. The molecule has 1 aliphatic heterocycles. The van der Waals surface area contributed by atoms with Crippen molar-refractivity contribution in [2.75, 3.05) is 20.3 Å². The molecule has 0 bridgehead atoms. The molecular weight excluding hydrogens is 246 g/mol. The fourth-order valence-corrected chi connectivity index (χ4v) is 4.06. The van der Waals surface area contributed by atoms with Gasteiger partial charge < -0.3 is 10.1 Å². The maximum absolute atomic E-state index is 12.5. The fourth-order valence-electron chi connectivity index (χ4n) is 2.33. The molecule has 0 saturated carbocycles. The second kappa shape index (κ2) is 6.45. The number of hydrogen-bond donors (Lipinski definition) is 1. The topological polar surface area (TPSA) is 38.3 Å². The lowest BCUT2D eigenvalue weighted by Crippen LogP contribution is -2.47. The average molecular weight is 267 g/mol. The number of aryl methyl sites for hydroxylation is 1. The summed E-state index contributed by atoms with van der Waals surface area (Å²) < 4.78 is 18.0. The second-order valence-corrected chi connectivity index (χ2v) is 6.40. The van der Waals surface area contributed by atoms with Crippen LogP contribution in [0.3, 0.4) is 0 Å². The standard InChI is InChI=1S/C14H21NO2S/c1-11-5-3-4-6-12(11)10-18(16)14-9-17-8-7-13(14)15-2/h3-6,13-15H,7-10H2,1-2H3. The molecule has 100 valence electrons. The molecule has 1 heterocycles. The van der Waals surface area contributed by atoms with Gasteiger partial charge >= 0.3 is 0 Å². The molecule has 0 spiro atoms. The van der Waals surface area contributed by atoms with E-state index in [0.717, 1.165) is 13.0 Å². The fraction of sp³-hybridized carbons (Fsp3) is 0.571. The molecule has 1 fully saturated rings. The van der Waals surface area contributed by atoms with Crippen LogP contribution in [0.2, 0.25) is 0 Å². The van der Waals surface area contributed by atoms with Crippen molar-refractivity contribution < 1.29 is 8.95 Å². The highest BCUT2D eigenvalue weighted by Crippen LogP contribution is 2.18. The maximum atomic E-state index is 12.5. The Bertz CT molecular complexity index is 422. The molecule has 1 aromatic carbocycles. The molecule has 3 nitrogen and oxygen atoms in total. The van der Waals surface area contributed by atoms with Gasteiger partial charge in [-0.25, -0.2) is 0 Å². The lowest BCUT2D eigenvalue weighted by Gasteiger charge is -2.30. The monoisotopic (exact) mass is 267 g/mol. The van der Waals surface area contributed by atoms with Crippen molar-refractivity contribution in [3.63, 3.8) is 0 Å². The van der Waals surface area contributed by atoms with E-state index in [4.69, 9.17) is 4.74 Å². The van der Waals surface area contributed by atoms with Gasteiger partial charge in [0.15, 0.2) is 0 Å². The van der Waals surface area contributed by atoms with E-state index in [1.165, 1.54) is 11.1 Å². The van der Waals surface area contributed by atoms with Crippen molar-refractivity contribution in [3.05, 3.63) is 35.4 Å². The van der Waals surface area contributed by atoms with E-state index in [1.54, 1.807) is 0 Å². The van der Waals surface area contributed by atoms with E-state index in [1.807, 2.05) is 19.2 Å². The van der Waals surface area contributed by atoms with Crippen molar-refractivity contribution in [1.82, 2.24) is 5.32 Å². The highest BCUT2D eigenvalue weighted by molar-refractivity contribution is 7.85. The summed E-state index contributed by atoms with van der Waals surface area (Å²) in [4.78, 5) is 0. The predicted molar refractivity (Wildman–Crippen MR) is 75.1 cm³/mol. The quantitative estimate of drug-likeness (QED) is 0.901. The van der Waals surface area contributed by atoms with Crippen LogP contribution in [-0.4, -0.2) is 35.8 Å². The molecule has 3 unspecified atom stereocenters. The Labute approximate surface area is 111 Å². The summed E-state index contributed by atoms with van der Waals surface area (Å²) in [5.41, 5.74) is 2.39. The minimum Gasteiger partial charge on any atom is -0.380 e. The third kappa shape index (κ3) is 3.19. The first-order valence-corrected chi connectivity index (χ1v) is 7.77. The van der Waals surface area contributed by atoms with Crippen LogP contribution in [0.25, 0.3) is 0 Å². The molecule has 1 N–H and O–H groups in total. The Morgan fingerprint density at radius 1 is 1.44 bits per heavy atom. The van der Waals surface area contributed by atoms with Crippen LogP contribution in [0.15, 0.2) is 24.3 Å². The Hall–Kier alpha value is -0.710. The third-order valence-electron chi connectivity index (χ3n) is 3.57. The second-order valence-electron chi connectivity index (χ2n) is 4.75. The van der Waals surface area contributed by atoms with Crippen molar-refractivity contribution in [1.29, 1.82) is 0 Å². The lowest BCUT2D eigenvalue weighted by atomic mass is 10.1. The van der Waals surface area contributed by atoms with E-state index in [0.29, 0.717) is 18.4 Å². The van der Waals surface area contributed by atoms with Crippen LogP contribution in [0.5, 0.6) is 0 Å². The van der Waals surface area contributed by atoms with Crippen molar-refractivity contribution >= 4 is 10.8 Å². The van der Waals surface area contributed by atoms with Gasteiger partial charge in [-0.3, -0.25) is 4.21 Å². The van der Waals surface area contributed by atoms with Gasteiger partial charge in [0.25, 0.3) is 0 Å². The van der Waals surface area contributed by atoms with Crippen LogP contribution in [0.4, 0.5) is 0 Å². The summed E-state index contributed by atoms with van der Waals surface area (Å²) in [5.74, 6) is 0.624. The van der Waals surface area contributed by atoms with Crippen molar-refractivity contribution in [3.8, 4) is 0 Å².